The van der Waals surface area contributed by atoms with E-state index in [4.69, 9.17) is 18.9 Å². The van der Waals surface area contributed by atoms with Crippen molar-refractivity contribution in [2.24, 2.45) is 5.10 Å². The lowest BCUT2D eigenvalue weighted by Gasteiger charge is -2.39. The second kappa shape index (κ2) is 11.6. The van der Waals surface area contributed by atoms with Crippen molar-refractivity contribution in [2.75, 3.05) is 20.3 Å². The van der Waals surface area contributed by atoms with Gasteiger partial charge < -0.3 is 39.4 Å². The van der Waals surface area contributed by atoms with Crippen LogP contribution in [0.15, 0.2) is 53.6 Å². The molecule has 2 aromatic rings. The summed E-state index contributed by atoms with van der Waals surface area (Å²) in [5.41, 5.74) is 3.00. The van der Waals surface area contributed by atoms with E-state index in [1.54, 1.807) is 55.6 Å². The third kappa shape index (κ3) is 6.63. The molecule has 1 aliphatic rings. The molecule has 1 amide bonds. The van der Waals surface area contributed by atoms with Crippen LogP contribution in [0, 0.1) is 0 Å². The lowest BCUT2D eigenvalue weighted by Crippen LogP contribution is -2.60. The van der Waals surface area contributed by atoms with Gasteiger partial charge in [-0.2, -0.15) is 5.10 Å². The van der Waals surface area contributed by atoms with Crippen LogP contribution in [-0.4, -0.2) is 83.6 Å². The van der Waals surface area contributed by atoms with Crippen LogP contribution in [-0.2, 0) is 9.53 Å². The van der Waals surface area contributed by atoms with Crippen molar-refractivity contribution >= 4 is 12.1 Å². The minimum absolute atomic E-state index is 0.213. The fraction of sp³-hybridized carbons (Fsp3) is 0.364. The van der Waals surface area contributed by atoms with E-state index < -0.39 is 43.2 Å². The number of hydrogen-bond donors (Lipinski definition) is 5. The second-order valence-corrected chi connectivity index (χ2v) is 7.14. The molecule has 33 heavy (non-hydrogen) atoms. The number of rotatable bonds is 9. The summed E-state index contributed by atoms with van der Waals surface area (Å²) >= 11 is 0. The first-order valence-electron chi connectivity index (χ1n) is 10.1. The normalized spacial score (nSPS) is 24.9. The summed E-state index contributed by atoms with van der Waals surface area (Å²) in [6.07, 6.45) is -5.39. The number of ether oxygens (including phenoxy) is 4. The van der Waals surface area contributed by atoms with Crippen LogP contribution in [0.4, 0.5) is 0 Å². The maximum absolute atomic E-state index is 11.8. The summed E-state index contributed by atoms with van der Waals surface area (Å²) < 4.78 is 21.2. The Morgan fingerprint density at radius 1 is 1.00 bits per heavy atom. The Balaban J connectivity index is 1.46. The predicted octanol–water partition coefficient (Wildman–Crippen LogP) is -0.597. The van der Waals surface area contributed by atoms with E-state index in [-0.39, 0.29) is 6.61 Å². The average molecular weight is 462 g/mol. The fourth-order valence-electron chi connectivity index (χ4n) is 2.96. The van der Waals surface area contributed by atoms with E-state index in [9.17, 15) is 25.2 Å². The maximum atomic E-state index is 11.8. The van der Waals surface area contributed by atoms with Crippen LogP contribution >= 0.6 is 0 Å². The first kappa shape index (κ1) is 24.4. The van der Waals surface area contributed by atoms with Crippen molar-refractivity contribution in [1.82, 2.24) is 5.43 Å². The number of benzene rings is 2. The minimum atomic E-state index is -1.52. The Hall–Kier alpha value is -3.22. The molecule has 0 unspecified atom stereocenters. The second-order valence-electron chi connectivity index (χ2n) is 7.14. The minimum Gasteiger partial charge on any atom is -0.497 e. The van der Waals surface area contributed by atoms with E-state index in [1.807, 2.05) is 0 Å². The standard InChI is InChI=1S/C22H26N2O9/c1-30-14-6-8-15(9-7-14)31-12-18(26)24-23-10-13-2-4-16(5-3-13)32-22-21(29)20(28)19(27)17(11-25)33-22/h2-10,17,19-22,25,27-29H,11-12H2,1H3,(H,24,26)/b23-10+/t17-,19-,20+,21-,22-/m1/s1. The molecule has 1 fully saturated rings. The molecule has 1 heterocycles. The Bertz CT molecular complexity index is 918. The van der Waals surface area contributed by atoms with Gasteiger partial charge in [0, 0.05) is 0 Å². The topological polar surface area (TPSA) is 159 Å². The molecule has 0 aromatic heterocycles. The number of aliphatic hydroxyl groups excluding tert-OH is 4. The molecule has 178 valence electrons. The Kier molecular flexibility index (Phi) is 8.58. The molecular weight excluding hydrogens is 436 g/mol. The van der Waals surface area contributed by atoms with Crippen LogP contribution in [0.3, 0.4) is 0 Å². The molecule has 0 bridgehead atoms. The summed E-state index contributed by atoms with van der Waals surface area (Å²) in [5.74, 6) is 1.07. The van der Waals surface area contributed by atoms with Gasteiger partial charge in [-0.3, -0.25) is 4.79 Å². The Morgan fingerprint density at radius 2 is 1.64 bits per heavy atom. The highest BCUT2D eigenvalue weighted by atomic mass is 16.7. The zero-order valence-corrected chi connectivity index (χ0v) is 17.8. The lowest BCUT2D eigenvalue weighted by atomic mass is 9.99. The summed E-state index contributed by atoms with van der Waals surface area (Å²) in [7, 11) is 1.56. The summed E-state index contributed by atoms with van der Waals surface area (Å²) in [5, 5.41) is 42.7. The van der Waals surface area contributed by atoms with E-state index in [0.717, 1.165) is 0 Å². The van der Waals surface area contributed by atoms with Gasteiger partial charge in [0.1, 0.15) is 41.7 Å². The van der Waals surface area contributed by atoms with Crippen LogP contribution < -0.4 is 19.6 Å². The third-order valence-corrected chi connectivity index (χ3v) is 4.81. The fourth-order valence-corrected chi connectivity index (χ4v) is 2.96. The van der Waals surface area contributed by atoms with Crippen molar-refractivity contribution in [1.29, 1.82) is 0 Å². The molecule has 11 heteroatoms. The highest BCUT2D eigenvalue weighted by molar-refractivity contribution is 5.83. The maximum Gasteiger partial charge on any atom is 0.277 e. The van der Waals surface area contributed by atoms with E-state index in [2.05, 4.69) is 10.5 Å². The van der Waals surface area contributed by atoms with Crippen LogP contribution in [0.5, 0.6) is 17.2 Å². The van der Waals surface area contributed by atoms with Gasteiger partial charge in [0.05, 0.1) is 19.9 Å². The molecule has 1 aliphatic heterocycles. The molecule has 0 aliphatic carbocycles. The summed E-state index contributed by atoms with van der Waals surface area (Å²) in [6, 6.07) is 13.2. The van der Waals surface area contributed by atoms with E-state index in [1.165, 1.54) is 6.21 Å². The number of aliphatic hydroxyl groups is 4. The van der Waals surface area contributed by atoms with Gasteiger partial charge >= 0.3 is 0 Å². The average Bonchev–Trinajstić information content (AvgIpc) is 2.84. The van der Waals surface area contributed by atoms with Gasteiger partial charge in [0.15, 0.2) is 6.61 Å². The van der Waals surface area contributed by atoms with Crippen molar-refractivity contribution in [3.05, 3.63) is 54.1 Å². The van der Waals surface area contributed by atoms with E-state index >= 15 is 0 Å². The van der Waals surface area contributed by atoms with Gasteiger partial charge in [-0.05, 0) is 54.1 Å². The molecule has 2 aromatic carbocycles. The highest BCUT2D eigenvalue weighted by Gasteiger charge is 2.44. The van der Waals surface area contributed by atoms with Gasteiger partial charge in [-0.15, -0.1) is 0 Å². The zero-order valence-electron chi connectivity index (χ0n) is 17.8. The van der Waals surface area contributed by atoms with Gasteiger partial charge in [-0.1, -0.05) is 0 Å². The molecule has 5 atom stereocenters. The largest absolute Gasteiger partial charge is 0.497 e. The molecule has 0 radical (unpaired) electrons. The molecule has 11 nitrogen and oxygen atoms in total. The number of amides is 1. The van der Waals surface area contributed by atoms with Gasteiger partial charge in [0.2, 0.25) is 6.29 Å². The van der Waals surface area contributed by atoms with E-state index in [0.29, 0.717) is 22.8 Å². The highest BCUT2D eigenvalue weighted by Crippen LogP contribution is 2.24. The zero-order chi connectivity index (χ0) is 23.8. The molecular formula is C22H26N2O9. The van der Waals surface area contributed by atoms with Crippen LogP contribution in [0.25, 0.3) is 0 Å². The third-order valence-electron chi connectivity index (χ3n) is 4.81. The monoisotopic (exact) mass is 462 g/mol. The number of hydrogen-bond acceptors (Lipinski definition) is 10. The number of hydrazone groups is 1. The van der Waals surface area contributed by atoms with Crippen LogP contribution in [0.1, 0.15) is 5.56 Å². The number of carbonyl (C=O) groups excluding carboxylic acids is 1. The first-order chi connectivity index (χ1) is 15.9. The first-order valence-corrected chi connectivity index (χ1v) is 10.1. The van der Waals surface area contributed by atoms with Crippen molar-refractivity contribution < 1.29 is 44.2 Å². The van der Waals surface area contributed by atoms with Gasteiger partial charge in [-0.25, -0.2) is 5.43 Å². The molecule has 0 spiro atoms. The van der Waals surface area contributed by atoms with Crippen molar-refractivity contribution in [3.8, 4) is 17.2 Å². The SMILES string of the molecule is COc1ccc(OCC(=O)N/N=C/c2ccc(O[C@@H]3O[C@H](CO)[C@@H](O)[C@H](O)[C@H]3O)cc2)cc1. The lowest BCUT2D eigenvalue weighted by molar-refractivity contribution is -0.277. The van der Waals surface area contributed by atoms with Crippen molar-refractivity contribution in [2.45, 2.75) is 30.7 Å². The Morgan fingerprint density at radius 3 is 2.27 bits per heavy atom. The van der Waals surface area contributed by atoms with Crippen molar-refractivity contribution in [3.63, 3.8) is 0 Å². The summed E-state index contributed by atoms with van der Waals surface area (Å²) in [4.78, 5) is 11.8. The number of methoxy groups -OCH3 is 1. The smallest absolute Gasteiger partial charge is 0.277 e. The number of carbonyl (C=O) groups is 1. The quantitative estimate of drug-likeness (QED) is 0.242. The molecule has 0 saturated carbocycles. The Labute approximate surface area is 189 Å². The molecule has 3 rings (SSSR count). The predicted molar refractivity (Wildman–Crippen MR) is 115 cm³/mol. The number of nitrogens with one attached hydrogen (secondary N) is 1. The number of nitrogens with zero attached hydrogens (tertiary/aromatic N) is 1. The molecule has 1 saturated heterocycles. The van der Waals surface area contributed by atoms with Gasteiger partial charge in [0.25, 0.3) is 5.91 Å². The van der Waals surface area contributed by atoms with Crippen LogP contribution in [0.2, 0.25) is 0 Å². The molecule has 5 N–H and O–H groups in total. The summed E-state index contributed by atoms with van der Waals surface area (Å²) in [6.45, 7) is -0.757.